The SMILES string of the molecule is CCCC(C)NC(C)CC1CCC1. The van der Waals surface area contributed by atoms with Gasteiger partial charge in [-0.2, -0.15) is 0 Å². The number of hydrogen-bond acceptors (Lipinski definition) is 1. The van der Waals surface area contributed by atoms with Gasteiger partial charge < -0.3 is 5.32 Å². The first kappa shape index (κ1) is 11.0. The van der Waals surface area contributed by atoms with E-state index in [-0.39, 0.29) is 0 Å². The second-order valence-corrected chi connectivity index (χ2v) is 4.79. The molecule has 0 saturated heterocycles. The Balaban J connectivity index is 2.04. The van der Waals surface area contributed by atoms with Crippen LogP contribution in [0.1, 0.15) is 59.3 Å². The molecule has 1 nitrogen and oxygen atoms in total. The number of rotatable bonds is 6. The van der Waals surface area contributed by atoms with Gasteiger partial charge in [-0.05, 0) is 32.6 Å². The Morgan fingerprint density at radius 2 is 1.92 bits per heavy atom. The van der Waals surface area contributed by atoms with Gasteiger partial charge in [0.2, 0.25) is 0 Å². The van der Waals surface area contributed by atoms with E-state index in [4.69, 9.17) is 0 Å². The van der Waals surface area contributed by atoms with Crippen LogP contribution in [0.3, 0.4) is 0 Å². The van der Waals surface area contributed by atoms with Crippen LogP contribution in [0, 0.1) is 5.92 Å². The van der Waals surface area contributed by atoms with Crippen molar-refractivity contribution in [2.45, 2.75) is 71.4 Å². The molecule has 0 aliphatic heterocycles. The molecule has 1 rings (SSSR count). The Kier molecular flexibility index (Phi) is 4.79. The van der Waals surface area contributed by atoms with Crippen LogP contribution in [0.25, 0.3) is 0 Å². The zero-order chi connectivity index (χ0) is 9.68. The van der Waals surface area contributed by atoms with Crippen molar-refractivity contribution in [3.63, 3.8) is 0 Å². The number of hydrogen-bond donors (Lipinski definition) is 1. The monoisotopic (exact) mass is 183 g/mol. The van der Waals surface area contributed by atoms with Gasteiger partial charge in [0.1, 0.15) is 0 Å². The molecule has 78 valence electrons. The fraction of sp³-hybridized carbons (Fsp3) is 1.00. The Morgan fingerprint density at radius 3 is 2.38 bits per heavy atom. The van der Waals surface area contributed by atoms with Crippen molar-refractivity contribution in [1.82, 2.24) is 5.32 Å². The highest BCUT2D eigenvalue weighted by molar-refractivity contribution is 4.76. The maximum atomic E-state index is 3.68. The van der Waals surface area contributed by atoms with Crippen molar-refractivity contribution < 1.29 is 0 Å². The van der Waals surface area contributed by atoms with Crippen molar-refractivity contribution in [1.29, 1.82) is 0 Å². The fourth-order valence-electron chi connectivity index (χ4n) is 2.30. The predicted molar refractivity (Wildman–Crippen MR) is 58.9 cm³/mol. The normalized spacial score (nSPS) is 22.4. The summed E-state index contributed by atoms with van der Waals surface area (Å²) in [6.45, 7) is 6.90. The van der Waals surface area contributed by atoms with E-state index < -0.39 is 0 Å². The van der Waals surface area contributed by atoms with Gasteiger partial charge in [0.25, 0.3) is 0 Å². The Labute approximate surface area is 83.3 Å². The molecule has 0 amide bonds. The molecule has 2 unspecified atom stereocenters. The highest BCUT2D eigenvalue weighted by Crippen LogP contribution is 2.30. The maximum absolute atomic E-state index is 3.68. The van der Waals surface area contributed by atoms with Gasteiger partial charge in [0.05, 0.1) is 0 Å². The summed E-state index contributed by atoms with van der Waals surface area (Å²) in [5, 5.41) is 3.68. The van der Waals surface area contributed by atoms with Gasteiger partial charge in [-0.25, -0.2) is 0 Å². The lowest BCUT2D eigenvalue weighted by Crippen LogP contribution is -2.36. The molecule has 0 heterocycles. The van der Waals surface area contributed by atoms with E-state index in [2.05, 4.69) is 26.1 Å². The molecule has 1 aliphatic carbocycles. The molecule has 1 N–H and O–H groups in total. The Morgan fingerprint density at radius 1 is 1.23 bits per heavy atom. The summed E-state index contributed by atoms with van der Waals surface area (Å²) in [7, 11) is 0. The third kappa shape index (κ3) is 4.12. The lowest BCUT2D eigenvalue weighted by Gasteiger charge is -2.30. The van der Waals surface area contributed by atoms with Crippen LogP contribution in [-0.4, -0.2) is 12.1 Å². The molecule has 1 fully saturated rings. The molecule has 0 aromatic heterocycles. The topological polar surface area (TPSA) is 12.0 Å². The van der Waals surface area contributed by atoms with Crippen molar-refractivity contribution in [3.05, 3.63) is 0 Å². The average Bonchev–Trinajstić information content (AvgIpc) is 1.97. The minimum Gasteiger partial charge on any atom is -0.312 e. The van der Waals surface area contributed by atoms with Gasteiger partial charge in [0.15, 0.2) is 0 Å². The molecule has 0 spiro atoms. The van der Waals surface area contributed by atoms with Gasteiger partial charge in [-0.1, -0.05) is 32.6 Å². The Hall–Kier alpha value is -0.0400. The lowest BCUT2D eigenvalue weighted by molar-refractivity contribution is 0.257. The van der Waals surface area contributed by atoms with E-state index in [9.17, 15) is 0 Å². The molecule has 1 saturated carbocycles. The van der Waals surface area contributed by atoms with Gasteiger partial charge >= 0.3 is 0 Å². The van der Waals surface area contributed by atoms with Crippen LogP contribution < -0.4 is 5.32 Å². The van der Waals surface area contributed by atoms with E-state index in [0.29, 0.717) is 6.04 Å². The summed E-state index contributed by atoms with van der Waals surface area (Å²) in [6, 6.07) is 1.44. The Bertz CT molecular complexity index is 129. The van der Waals surface area contributed by atoms with Crippen molar-refractivity contribution in [2.24, 2.45) is 5.92 Å². The van der Waals surface area contributed by atoms with E-state index in [0.717, 1.165) is 12.0 Å². The first-order valence-corrected chi connectivity index (χ1v) is 5.98. The number of nitrogens with one attached hydrogen (secondary N) is 1. The standard InChI is InChI=1S/C12H25N/c1-4-6-10(2)13-11(3)9-12-7-5-8-12/h10-13H,4-9H2,1-3H3. The molecular weight excluding hydrogens is 158 g/mol. The third-order valence-electron chi connectivity index (χ3n) is 3.20. The smallest absolute Gasteiger partial charge is 0.00438 e. The predicted octanol–water partition coefficient (Wildman–Crippen LogP) is 3.34. The maximum Gasteiger partial charge on any atom is 0.00438 e. The van der Waals surface area contributed by atoms with Gasteiger partial charge in [-0.15, -0.1) is 0 Å². The first-order valence-electron chi connectivity index (χ1n) is 5.98. The largest absolute Gasteiger partial charge is 0.312 e. The van der Waals surface area contributed by atoms with Crippen LogP contribution in [0.5, 0.6) is 0 Å². The van der Waals surface area contributed by atoms with E-state index >= 15 is 0 Å². The summed E-state index contributed by atoms with van der Waals surface area (Å²) in [5.41, 5.74) is 0. The fourth-order valence-corrected chi connectivity index (χ4v) is 2.30. The van der Waals surface area contributed by atoms with E-state index in [1.165, 1.54) is 38.5 Å². The van der Waals surface area contributed by atoms with Crippen LogP contribution in [-0.2, 0) is 0 Å². The highest BCUT2D eigenvalue weighted by atomic mass is 14.9. The van der Waals surface area contributed by atoms with Crippen molar-refractivity contribution >= 4 is 0 Å². The molecular formula is C12H25N. The van der Waals surface area contributed by atoms with Crippen molar-refractivity contribution in [2.75, 3.05) is 0 Å². The van der Waals surface area contributed by atoms with Crippen molar-refractivity contribution in [3.8, 4) is 0 Å². The van der Waals surface area contributed by atoms with E-state index in [1.54, 1.807) is 0 Å². The molecule has 0 radical (unpaired) electrons. The molecule has 0 bridgehead atoms. The summed E-state index contributed by atoms with van der Waals surface area (Å²) in [4.78, 5) is 0. The quantitative estimate of drug-likeness (QED) is 0.666. The molecule has 2 atom stereocenters. The summed E-state index contributed by atoms with van der Waals surface area (Å²) in [5.74, 6) is 1.04. The first-order chi connectivity index (χ1) is 6.22. The summed E-state index contributed by atoms with van der Waals surface area (Å²) < 4.78 is 0. The minimum atomic E-state index is 0.708. The second-order valence-electron chi connectivity index (χ2n) is 4.79. The molecule has 1 aliphatic rings. The molecule has 1 heteroatoms. The summed E-state index contributed by atoms with van der Waals surface area (Å²) in [6.07, 6.45) is 8.44. The van der Waals surface area contributed by atoms with Crippen LogP contribution >= 0.6 is 0 Å². The molecule has 13 heavy (non-hydrogen) atoms. The van der Waals surface area contributed by atoms with E-state index in [1.807, 2.05) is 0 Å². The van der Waals surface area contributed by atoms with Gasteiger partial charge in [0, 0.05) is 12.1 Å². The van der Waals surface area contributed by atoms with Crippen LogP contribution in [0.4, 0.5) is 0 Å². The zero-order valence-corrected chi connectivity index (χ0v) is 9.47. The zero-order valence-electron chi connectivity index (χ0n) is 9.47. The minimum absolute atomic E-state index is 0.708. The van der Waals surface area contributed by atoms with Crippen LogP contribution in [0.2, 0.25) is 0 Å². The van der Waals surface area contributed by atoms with Crippen LogP contribution in [0.15, 0.2) is 0 Å². The van der Waals surface area contributed by atoms with Gasteiger partial charge in [-0.3, -0.25) is 0 Å². The average molecular weight is 183 g/mol. The summed E-state index contributed by atoms with van der Waals surface area (Å²) >= 11 is 0. The highest BCUT2D eigenvalue weighted by Gasteiger charge is 2.20. The second kappa shape index (κ2) is 5.64. The lowest BCUT2D eigenvalue weighted by atomic mass is 9.81. The molecule has 0 aromatic carbocycles. The molecule has 0 aromatic rings. The third-order valence-corrected chi connectivity index (χ3v) is 3.20.